The van der Waals surface area contributed by atoms with E-state index >= 15 is 0 Å². The zero-order valence-electron chi connectivity index (χ0n) is 12.8. The third kappa shape index (κ3) is 3.28. The van der Waals surface area contributed by atoms with E-state index in [-0.39, 0.29) is 12.3 Å². The Labute approximate surface area is 143 Å². The summed E-state index contributed by atoms with van der Waals surface area (Å²) in [5.74, 6) is -0.777. The lowest BCUT2D eigenvalue weighted by Gasteiger charge is -2.45. The van der Waals surface area contributed by atoms with Crippen LogP contribution < -0.4 is 0 Å². The molecule has 1 aliphatic heterocycles. The van der Waals surface area contributed by atoms with E-state index in [0.29, 0.717) is 19.7 Å². The maximum atomic E-state index is 13.1. The second kappa shape index (κ2) is 6.61. The molecule has 3 rings (SSSR count). The summed E-state index contributed by atoms with van der Waals surface area (Å²) in [5.41, 5.74) is 0.615. The van der Waals surface area contributed by atoms with Crippen LogP contribution in [0.5, 0.6) is 0 Å². The predicted molar refractivity (Wildman–Crippen MR) is 88.2 cm³/mol. The van der Waals surface area contributed by atoms with Gasteiger partial charge >= 0.3 is 5.97 Å². The maximum absolute atomic E-state index is 13.1. The van der Waals surface area contributed by atoms with Crippen molar-refractivity contribution in [1.29, 1.82) is 0 Å². The van der Waals surface area contributed by atoms with Crippen molar-refractivity contribution in [1.82, 2.24) is 4.90 Å². The highest BCUT2D eigenvalue weighted by atomic mass is 79.9. The van der Waals surface area contributed by atoms with Gasteiger partial charge in [0.25, 0.3) is 0 Å². The van der Waals surface area contributed by atoms with Gasteiger partial charge in [0.05, 0.1) is 24.5 Å². The summed E-state index contributed by atoms with van der Waals surface area (Å²) in [6, 6.07) is 7.96. The number of ether oxygens (including phenoxy) is 1. The molecule has 1 aromatic carbocycles. The van der Waals surface area contributed by atoms with Crippen molar-refractivity contribution in [2.45, 2.75) is 37.2 Å². The molecule has 1 saturated carbocycles. The monoisotopic (exact) mass is 381 g/mol. The van der Waals surface area contributed by atoms with Crippen LogP contribution in [0.3, 0.4) is 0 Å². The average Bonchev–Trinajstić information content (AvgIpc) is 2.47. The van der Waals surface area contributed by atoms with E-state index in [2.05, 4.69) is 15.9 Å². The third-order valence-electron chi connectivity index (χ3n) is 4.84. The first-order chi connectivity index (χ1) is 11.0. The van der Waals surface area contributed by atoms with Crippen LogP contribution >= 0.6 is 15.9 Å². The number of amides is 1. The number of carbonyl (C=O) groups excluding carboxylic acids is 1. The summed E-state index contributed by atoms with van der Waals surface area (Å²) in [6.45, 7) is 1.30. The highest BCUT2D eigenvalue weighted by Gasteiger charge is 2.48. The van der Waals surface area contributed by atoms with E-state index in [0.717, 1.165) is 29.3 Å². The molecule has 1 N–H and O–H groups in total. The van der Waals surface area contributed by atoms with E-state index in [1.807, 2.05) is 24.3 Å². The highest BCUT2D eigenvalue weighted by molar-refractivity contribution is 9.10. The molecule has 1 heterocycles. The first-order valence-electron chi connectivity index (χ1n) is 7.90. The summed E-state index contributed by atoms with van der Waals surface area (Å²) in [4.78, 5) is 25.8. The van der Waals surface area contributed by atoms with Gasteiger partial charge in [-0.1, -0.05) is 34.5 Å². The van der Waals surface area contributed by atoms with Gasteiger partial charge in [-0.25, -0.2) is 0 Å². The summed E-state index contributed by atoms with van der Waals surface area (Å²) in [7, 11) is 0. The first-order valence-corrected chi connectivity index (χ1v) is 8.69. The fraction of sp³-hybridized carbons (Fsp3) is 0.529. The summed E-state index contributed by atoms with van der Waals surface area (Å²) in [6.07, 6.45) is 2.29. The zero-order valence-corrected chi connectivity index (χ0v) is 14.4. The van der Waals surface area contributed by atoms with Crippen molar-refractivity contribution < 1.29 is 19.4 Å². The minimum Gasteiger partial charge on any atom is -0.481 e. The number of hydrogen-bond donors (Lipinski definition) is 1. The van der Waals surface area contributed by atoms with E-state index in [9.17, 15) is 9.59 Å². The molecule has 1 aromatic rings. The van der Waals surface area contributed by atoms with Crippen LogP contribution in [-0.4, -0.2) is 47.7 Å². The lowest BCUT2D eigenvalue weighted by molar-refractivity contribution is -0.153. The number of morpholine rings is 1. The molecular weight excluding hydrogens is 362 g/mol. The van der Waals surface area contributed by atoms with Crippen LogP contribution in [0.25, 0.3) is 0 Å². The lowest BCUT2D eigenvalue weighted by Crippen LogP contribution is -2.55. The van der Waals surface area contributed by atoms with Gasteiger partial charge in [0.1, 0.15) is 0 Å². The van der Waals surface area contributed by atoms with Crippen LogP contribution in [0, 0.1) is 0 Å². The fourth-order valence-corrected chi connectivity index (χ4v) is 3.71. The number of rotatable bonds is 4. The van der Waals surface area contributed by atoms with E-state index in [1.54, 1.807) is 4.90 Å². The number of hydrogen-bond acceptors (Lipinski definition) is 3. The molecule has 1 atom stereocenters. The van der Waals surface area contributed by atoms with Crippen molar-refractivity contribution >= 4 is 27.8 Å². The standard InChI is InChI=1S/C17H20BrNO4/c18-13-4-2-12(3-5-13)17(6-1-7-17)16(22)19-8-9-23-14(11-19)10-15(20)21/h2-5,14H,1,6-11H2,(H,20,21). The van der Waals surface area contributed by atoms with Crippen LogP contribution in [0.15, 0.2) is 28.7 Å². The number of halogens is 1. The molecule has 5 nitrogen and oxygen atoms in total. The number of aliphatic carboxylic acids is 1. The quantitative estimate of drug-likeness (QED) is 0.870. The van der Waals surface area contributed by atoms with Crippen molar-refractivity contribution in [2.75, 3.05) is 19.7 Å². The molecule has 6 heteroatoms. The lowest BCUT2D eigenvalue weighted by atomic mass is 9.63. The second-order valence-corrected chi connectivity index (χ2v) is 7.20. The minimum atomic E-state index is -0.893. The number of nitrogens with zero attached hydrogens (tertiary/aromatic N) is 1. The van der Waals surface area contributed by atoms with Gasteiger partial charge in [-0.3, -0.25) is 9.59 Å². The molecular formula is C17H20BrNO4. The molecule has 2 fully saturated rings. The van der Waals surface area contributed by atoms with E-state index < -0.39 is 17.5 Å². The second-order valence-electron chi connectivity index (χ2n) is 6.28. The van der Waals surface area contributed by atoms with Gasteiger partial charge in [-0.2, -0.15) is 0 Å². The summed E-state index contributed by atoms with van der Waals surface area (Å²) < 4.78 is 6.47. The Hall–Kier alpha value is -1.40. The molecule has 0 bridgehead atoms. The molecule has 1 unspecified atom stereocenters. The Bertz CT molecular complexity index is 597. The minimum absolute atomic E-state index is 0.0605. The molecule has 124 valence electrons. The van der Waals surface area contributed by atoms with Crippen LogP contribution in [0.2, 0.25) is 0 Å². The molecule has 23 heavy (non-hydrogen) atoms. The number of carbonyl (C=O) groups is 2. The molecule has 1 amide bonds. The zero-order chi connectivity index (χ0) is 16.4. The fourth-order valence-electron chi connectivity index (χ4n) is 3.45. The predicted octanol–water partition coefficient (Wildman–Crippen LogP) is 2.57. The Morgan fingerprint density at radius 3 is 2.57 bits per heavy atom. The van der Waals surface area contributed by atoms with Gasteiger partial charge in [-0.05, 0) is 30.5 Å². The molecule has 0 radical (unpaired) electrons. The number of carboxylic acids is 1. The molecule has 1 aliphatic carbocycles. The SMILES string of the molecule is O=C(O)CC1CN(C(=O)C2(c3ccc(Br)cc3)CCC2)CCO1. The number of benzene rings is 1. The molecule has 0 aromatic heterocycles. The van der Waals surface area contributed by atoms with E-state index in [1.165, 1.54) is 0 Å². The van der Waals surface area contributed by atoms with Gasteiger partial charge in [0.2, 0.25) is 5.91 Å². The maximum Gasteiger partial charge on any atom is 0.306 e. The van der Waals surface area contributed by atoms with Crippen LogP contribution in [0.1, 0.15) is 31.2 Å². The first kappa shape index (κ1) is 16.5. The van der Waals surface area contributed by atoms with Gasteiger partial charge < -0.3 is 14.7 Å². The van der Waals surface area contributed by atoms with E-state index in [4.69, 9.17) is 9.84 Å². The van der Waals surface area contributed by atoms with Crippen LogP contribution in [-0.2, 0) is 19.7 Å². The average molecular weight is 382 g/mol. The topological polar surface area (TPSA) is 66.8 Å². The van der Waals surface area contributed by atoms with Gasteiger partial charge in [0, 0.05) is 17.6 Å². The Kier molecular flexibility index (Phi) is 4.73. The Morgan fingerprint density at radius 1 is 1.30 bits per heavy atom. The van der Waals surface area contributed by atoms with Crippen molar-refractivity contribution in [3.8, 4) is 0 Å². The Balaban J connectivity index is 1.77. The van der Waals surface area contributed by atoms with Crippen molar-refractivity contribution in [3.63, 3.8) is 0 Å². The summed E-state index contributed by atoms with van der Waals surface area (Å²) in [5, 5.41) is 8.92. The molecule has 2 aliphatic rings. The Morgan fingerprint density at radius 2 is 2.00 bits per heavy atom. The molecule has 0 spiro atoms. The van der Waals surface area contributed by atoms with Gasteiger partial charge in [-0.15, -0.1) is 0 Å². The van der Waals surface area contributed by atoms with Crippen molar-refractivity contribution in [3.05, 3.63) is 34.3 Å². The van der Waals surface area contributed by atoms with Gasteiger partial charge in [0.15, 0.2) is 0 Å². The highest BCUT2D eigenvalue weighted by Crippen LogP contribution is 2.45. The third-order valence-corrected chi connectivity index (χ3v) is 5.37. The normalized spacial score (nSPS) is 23.2. The summed E-state index contributed by atoms with van der Waals surface area (Å²) >= 11 is 3.43. The van der Waals surface area contributed by atoms with Crippen molar-refractivity contribution in [2.24, 2.45) is 0 Å². The molecule has 1 saturated heterocycles. The largest absolute Gasteiger partial charge is 0.481 e. The van der Waals surface area contributed by atoms with Crippen LogP contribution in [0.4, 0.5) is 0 Å². The number of carboxylic acid groups (broad SMARTS) is 1. The smallest absolute Gasteiger partial charge is 0.306 e.